The maximum absolute atomic E-state index is 10.7. The molecule has 0 unspecified atom stereocenters. The van der Waals surface area contributed by atoms with Gasteiger partial charge in [-0.05, 0) is 35.3 Å². The fourth-order valence-electron chi connectivity index (χ4n) is 4.15. The summed E-state index contributed by atoms with van der Waals surface area (Å²) >= 11 is 0. The fourth-order valence-corrected chi connectivity index (χ4v) is 9.33. The molecule has 1 heterocycles. The highest BCUT2D eigenvalue weighted by Crippen LogP contribution is 2.36. The van der Waals surface area contributed by atoms with Crippen molar-refractivity contribution in [2.24, 2.45) is 0 Å². The van der Waals surface area contributed by atoms with Crippen LogP contribution in [0.2, 0.25) is 5.04 Å². The first-order valence-electron chi connectivity index (χ1n) is 11.2. The molecule has 0 saturated carbocycles. The molecule has 0 bridgehead atoms. The van der Waals surface area contributed by atoms with Gasteiger partial charge in [0.15, 0.2) is 30.6 Å². The summed E-state index contributed by atoms with van der Waals surface area (Å²) in [6.45, 7) is 10.8. The normalized spacial score (nSPS) is 13.1. The molecule has 3 aromatic rings. The second-order valence-corrected chi connectivity index (χ2v) is 16.3. The lowest BCUT2D eigenvalue weighted by Gasteiger charge is -2.41. The van der Waals surface area contributed by atoms with Crippen LogP contribution in [0.3, 0.4) is 0 Å². The average Bonchev–Trinajstić information content (AvgIpc) is 2.76. The van der Waals surface area contributed by atoms with Gasteiger partial charge in [0, 0.05) is 11.6 Å². The molecule has 0 aliphatic carbocycles. The van der Waals surface area contributed by atoms with Crippen LogP contribution in [0.15, 0.2) is 85.2 Å². The summed E-state index contributed by atoms with van der Waals surface area (Å²) in [5, 5.41) is 13.5. The monoisotopic (exact) mass is 539 g/mol. The van der Waals surface area contributed by atoms with Gasteiger partial charge < -0.3 is 9.66 Å². The van der Waals surface area contributed by atoms with Gasteiger partial charge >= 0.3 is 5.51 Å². The first-order valence-corrected chi connectivity index (χ1v) is 14.9. The molecule has 0 fully saturated rings. The summed E-state index contributed by atoms with van der Waals surface area (Å²) in [5.74, 6) is 0. The highest BCUT2D eigenvalue weighted by Gasteiger charge is 2.51. The third-order valence-electron chi connectivity index (χ3n) is 6.08. The topological polar surface area (TPSA) is 81.3 Å². The predicted octanol–water partition coefficient (Wildman–Crippen LogP) is 3.86. The maximum Gasteiger partial charge on any atom is 0.485 e. The molecule has 2 aromatic carbocycles. The van der Waals surface area contributed by atoms with Gasteiger partial charge in [0.2, 0.25) is 0 Å². The number of hydrogen-bond donors (Lipinski definition) is 1. The molecule has 1 N–H and O–H groups in total. The first-order chi connectivity index (χ1) is 16.4. The third-order valence-corrected chi connectivity index (χ3v) is 12.7. The molecule has 0 amide bonds. The van der Waals surface area contributed by atoms with Gasteiger partial charge in [0.05, 0.1) is 5.60 Å². The summed E-state index contributed by atoms with van der Waals surface area (Å²) in [6.07, 6.45) is 5.17. The highest BCUT2D eigenvalue weighted by molar-refractivity contribution is 7.86. The van der Waals surface area contributed by atoms with E-state index in [0.29, 0.717) is 0 Å². The smallest absolute Gasteiger partial charge is 0.485 e. The number of pyridine rings is 1. The Labute approximate surface area is 212 Å². The van der Waals surface area contributed by atoms with Gasteiger partial charge in [-0.3, -0.25) is 0 Å². The third kappa shape index (κ3) is 7.03. The molecule has 10 heteroatoms. The van der Waals surface area contributed by atoms with Gasteiger partial charge in [-0.15, -0.1) is 0 Å². The van der Waals surface area contributed by atoms with Gasteiger partial charge in [-0.2, -0.15) is 13.2 Å². The molecule has 36 heavy (non-hydrogen) atoms. The molecule has 0 aliphatic heterocycles. The Morgan fingerprint density at radius 3 is 1.58 bits per heavy atom. The van der Waals surface area contributed by atoms with E-state index in [0.717, 1.165) is 11.7 Å². The molecule has 0 atom stereocenters. The number of hydrogen-bond acceptors (Lipinski definition) is 4. The lowest BCUT2D eigenvalue weighted by molar-refractivity contribution is -0.681. The highest BCUT2D eigenvalue weighted by atomic mass is 32.2. The number of aromatic nitrogens is 1. The number of aliphatic hydroxyl groups is 1. The number of benzene rings is 2. The zero-order valence-electron chi connectivity index (χ0n) is 21.0. The van der Waals surface area contributed by atoms with Gasteiger partial charge in [0.1, 0.15) is 6.17 Å². The Bertz CT molecular complexity index is 1200. The van der Waals surface area contributed by atoms with Gasteiger partial charge in [-0.25, -0.2) is 13.0 Å². The molecule has 1 aromatic heterocycles. The molecular formula is C26H32F3NO4SSi. The Morgan fingerprint density at radius 1 is 0.833 bits per heavy atom. The zero-order chi connectivity index (χ0) is 27.4. The Hall–Kier alpha value is -2.53. The van der Waals surface area contributed by atoms with Crippen molar-refractivity contribution in [3.8, 4) is 0 Å². The van der Waals surface area contributed by atoms with E-state index in [4.69, 9.17) is 13.0 Å². The van der Waals surface area contributed by atoms with Crippen molar-refractivity contribution >= 4 is 28.6 Å². The molecule has 5 nitrogen and oxygen atoms in total. The largest absolute Gasteiger partial charge is 0.741 e. The van der Waals surface area contributed by atoms with Crippen molar-refractivity contribution in [1.29, 1.82) is 0 Å². The van der Waals surface area contributed by atoms with Crippen molar-refractivity contribution in [3.63, 3.8) is 0 Å². The van der Waals surface area contributed by atoms with E-state index in [-0.39, 0.29) is 5.04 Å². The molecule has 0 spiro atoms. The lowest BCUT2D eigenvalue weighted by atomic mass is 10.0. The van der Waals surface area contributed by atoms with E-state index in [1.165, 1.54) is 10.4 Å². The van der Waals surface area contributed by atoms with E-state index in [2.05, 4.69) is 98.4 Å². The van der Waals surface area contributed by atoms with Crippen LogP contribution in [0, 0.1) is 0 Å². The number of alkyl halides is 3. The van der Waals surface area contributed by atoms with Crippen molar-refractivity contribution in [2.75, 3.05) is 0 Å². The Morgan fingerprint density at radius 2 is 1.25 bits per heavy atom. The minimum atomic E-state index is -6.09. The van der Waals surface area contributed by atoms with Crippen molar-refractivity contribution in [3.05, 3.63) is 90.8 Å². The van der Waals surface area contributed by atoms with Crippen LogP contribution in [-0.4, -0.2) is 31.7 Å². The minimum Gasteiger partial charge on any atom is -0.741 e. The van der Waals surface area contributed by atoms with Crippen LogP contribution < -0.4 is 14.9 Å². The number of halogens is 3. The molecule has 0 saturated heterocycles. The van der Waals surface area contributed by atoms with Gasteiger partial charge in [-0.1, -0.05) is 81.4 Å². The van der Waals surface area contributed by atoms with Crippen LogP contribution >= 0.6 is 0 Å². The lowest BCUT2D eigenvalue weighted by Crippen LogP contribution is -2.71. The van der Waals surface area contributed by atoms with Crippen LogP contribution in [0.1, 0.15) is 40.2 Å². The summed E-state index contributed by atoms with van der Waals surface area (Å²) in [6, 6.07) is 26.1. The second kappa shape index (κ2) is 10.8. The standard InChI is InChI=1S/C25H32NOSi.CHF3O3S/c1-24(2,3)28(22-14-8-6-9-15-22,23-16-10-7-11-17-23)20-26-18-12-13-21(19-26)25(4,5)27;2-1(3,4)8(5,6)7/h6-19,27H,20H2,1-5H3;(H,5,6,7)/q+1;/p-1. The molecule has 0 radical (unpaired) electrons. The average molecular weight is 540 g/mol. The first kappa shape index (κ1) is 29.7. The molecule has 196 valence electrons. The van der Waals surface area contributed by atoms with Crippen molar-refractivity contribution < 1.29 is 35.8 Å². The SMILES string of the molecule is CC(C)(O)c1ccc[n+](C[Si](c2ccccc2)(c2ccccc2)C(C)(C)C)c1.O=S(=O)([O-])C(F)(F)F. The second-order valence-electron chi connectivity index (χ2n) is 10.1. The van der Waals surface area contributed by atoms with Crippen molar-refractivity contribution in [2.45, 2.75) is 56.9 Å². The Kier molecular flexibility index (Phi) is 8.94. The fraction of sp³-hybridized carbons (Fsp3) is 0.346. The molecule has 0 aliphatic rings. The van der Waals surface area contributed by atoms with Crippen LogP contribution in [0.4, 0.5) is 13.2 Å². The zero-order valence-corrected chi connectivity index (χ0v) is 22.8. The summed E-state index contributed by atoms with van der Waals surface area (Å²) in [4.78, 5) is 0. The minimum absolute atomic E-state index is 0.105. The van der Waals surface area contributed by atoms with Crippen LogP contribution in [0.5, 0.6) is 0 Å². The Balaban J connectivity index is 0.000000493. The van der Waals surface area contributed by atoms with E-state index in [9.17, 15) is 18.3 Å². The maximum atomic E-state index is 10.7. The summed E-state index contributed by atoms with van der Waals surface area (Å²) < 4.78 is 61.2. The van der Waals surface area contributed by atoms with Crippen LogP contribution in [0.25, 0.3) is 0 Å². The van der Waals surface area contributed by atoms with E-state index >= 15 is 0 Å². The van der Waals surface area contributed by atoms with Crippen LogP contribution in [-0.2, 0) is 21.9 Å². The predicted molar refractivity (Wildman–Crippen MR) is 135 cm³/mol. The number of rotatable bonds is 5. The van der Waals surface area contributed by atoms with Crippen molar-refractivity contribution in [1.82, 2.24) is 0 Å². The molecular weight excluding hydrogens is 507 g/mol. The molecule has 3 rings (SSSR count). The van der Waals surface area contributed by atoms with E-state index in [1.807, 2.05) is 26.0 Å². The van der Waals surface area contributed by atoms with Gasteiger partial charge in [0.25, 0.3) is 0 Å². The van der Waals surface area contributed by atoms with E-state index < -0.39 is 29.3 Å². The summed E-state index contributed by atoms with van der Waals surface area (Å²) in [5.41, 5.74) is -5.56. The quantitative estimate of drug-likeness (QED) is 0.231. The van der Waals surface area contributed by atoms with E-state index in [1.54, 1.807) is 0 Å². The number of nitrogens with zero attached hydrogens (tertiary/aromatic N) is 1. The summed E-state index contributed by atoms with van der Waals surface area (Å²) in [7, 11) is -8.28.